The van der Waals surface area contributed by atoms with E-state index in [0.29, 0.717) is 0 Å². The molecule has 0 aliphatic carbocycles. The van der Waals surface area contributed by atoms with E-state index in [1.165, 1.54) is 0 Å². The van der Waals surface area contributed by atoms with E-state index in [1.54, 1.807) is 0 Å². The van der Waals surface area contributed by atoms with Crippen LogP contribution in [0.1, 0.15) is 0 Å². The largest absolute Gasteiger partial charge is 2.00 e. The van der Waals surface area contributed by atoms with E-state index in [2.05, 4.69) is 0 Å². The molecule has 0 aliphatic rings. The summed E-state index contributed by atoms with van der Waals surface area (Å²) < 4.78 is 0. The maximum absolute atomic E-state index is 0. The quantitative estimate of drug-likeness (QED) is 0.373. The van der Waals surface area contributed by atoms with Gasteiger partial charge >= 0.3 is 183 Å². The van der Waals surface area contributed by atoms with Crippen molar-refractivity contribution in [2.24, 2.45) is 0 Å². The van der Waals surface area contributed by atoms with Crippen LogP contribution in [0.2, 0.25) is 0 Å². The van der Waals surface area contributed by atoms with Crippen molar-refractivity contribution in [3.8, 4) is 0 Å². The van der Waals surface area contributed by atoms with Crippen molar-refractivity contribution in [3.05, 3.63) is 0 Å². The van der Waals surface area contributed by atoms with Gasteiger partial charge in [0.25, 0.3) is 0 Å². The summed E-state index contributed by atoms with van der Waals surface area (Å²) in [5.41, 5.74) is 0. The molecule has 0 radical (unpaired) electrons. The Morgan fingerprint density at radius 3 is 0.600 bits per heavy atom. The summed E-state index contributed by atoms with van der Waals surface area (Å²) in [4.78, 5) is 0. The van der Waals surface area contributed by atoms with Gasteiger partial charge < -0.3 is 11.0 Å². The van der Waals surface area contributed by atoms with Crippen molar-refractivity contribution in [2.75, 3.05) is 0 Å². The van der Waals surface area contributed by atoms with E-state index in [-0.39, 0.29) is 194 Å². The Balaban J connectivity index is 0. The molecule has 5 heavy (non-hydrogen) atoms. The standard InChI is InChI=1S/2Cs.2O.Sr/q2*+1;2*-2;+2. The fraction of sp³-hybridized carbons (Fsp3) is 0. The van der Waals surface area contributed by atoms with Crippen LogP contribution >= 0.6 is 0 Å². The summed E-state index contributed by atoms with van der Waals surface area (Å²) in [7, 11) is 0. The van der Waals surface area contributed by atoms with Gasteiger partial charge in [0, 0.05) is 0 Å². The summed E-state index contributed by atoms with van der Waals surface area (Å²) in [5.74, 6) is 0. The second-order valence-electron chi connectivity index (χ2n) is 0. The Morgan fingerprint density at radius 1 is 0.600 bits per heavy atom. The average molecular weight is 385 g/mol. The number of hydrogen-bond donors (Lipinski definition) is 0. The minimum absolute atomic E-state index is 0. The Hall–Kier alpha value is 5.50. The van der Waals surface area contributed by atoms with Gasteiger partial charge in [-0.2, -0.15) is 0 Å². The predicted molar refractivity (Wildman–Crippen MR) is 7.13 cm³/mol. The van der Waals surface area contributed by atoms with Crippen molar-refractivity contribution in [3.63, 3.8) is 0 Å². The fourth-order valence-electron chi connectivity index (χ4n) is 0. The van der Waals surface area contributed by atoms with E-state index in [1.807, 2.05) is 0 Å². The SMILES string of the molecule is [Cs+].[Cs+].[O-2].[O-2].[Sr+2]. The Labute approximate surface area is 186 Å². The van der Waals surface area contributed by atoms with E-state index in [9.17, 15) is 0 Å². The molecule has 0 aromatic heterocycles. The third-order valence-electron chi connectivity index (χ3n) is 0. The fourth-order valence-corrected chi connectivity index (χ4v) is 0. The maximum Gasteiger partial charge on any atom is 2.00 e. The van der Waals surface area contributed by atoms with Gasteiger partial charge in [0.1, 0.15) is 0 Å². The topological polar surface area (TPSA) is 57.0 Å². The first-order valence-electron chi connectivity index (χ1n) is 0. The molecule has 0 aromatic carbocycles. The summed E-state index contributed by atoms with van der Waals surface area (Å²) in [5, 5.41) is 0. The molecule has 0 fully saturated rings. The number of hydrogen-bond acceptors (Lipinski definition) is 0. The molecule has 0 saturated carbocycles. The van der Waals surface area contributed by atoms with Gasteiger partial charge in [-0.1, -0.05) is 0 Å². The summed E-state index contributed by atoms with van der Waals surface area (Å²) in [6, 6.07) is 0. The predicted octanol–water partition coefficient (Wildman–Crippen LogP) is -6.61. The van der Waals surface area contributed by atoms with Crippen LogP contribution in [0.25, 0.3) is 0 Å². The van der Waals surface area contributed by atoms with Crippen LogP contribution in [-0.2, 0) is 11.0 Å². The molecular weight excluding hydrogens is 385 g/mol. The molecule has 0 amide bonds. The smallest absolute Gasteiger partial charge is 2.00 e. The van der Waals surface area contributed by atoms with Crippen molar-refractivity contribution in [1.82, 2.24) is 0 Å². The molecular formula is Cs2O2Sr. The van der Waals surface area contributed by atoms with Gasteiger partial charge in [0.2, 0.25) is 0 Å². The molecule has 0 aromatic rings. The number of rotatable bonds is 0. The molecule has 0 unspecified atom stereocenters. The Morgan fingerprint density at radius 2 is 0.600 bits per heavy atom. The molecule has 16 valence electrons. The van der Waals surface area contributed by atoms with Crippen LogP contribution in [0.4, 0.5) is 0 Å². The monoisotopic (exact) mass is 386 g/mol. The molecule has 2 nitrogen and oxygen atoms in total. The first-order chi connectivity index (χ1) is 0. The van der Waals surface area contributed by atoms with Gasteiger partial charge in [-0.3, -0.25) is 0 Å². The van der Waals surface area contributed by atoms with Crippen LogP contribution in [0.15, 0.2) is 0 Å². The van der Waals surface area contributed by atoms with E-state index < -0.39 is 0 Å². The Kier molecular flexibility index (Phi) is 142. The molecule has 0 heterocycles. The molecule has 0 bridgehead atoms. The average Bonchev–Trinajstić information content (AvgIpc) is 0. The first-order valence-corrected chi connectivity index (χ1v) is 0. The zero-order valence-corrected chi connectivity index (χ0v) is 19.6. The molecule has 0 rings (SSSR count). The van der Waals surface area contributed by atoms with E-state index >= 15 is 0 Å². The summed E-state index contributed by atoms with van der Waals surface area (Å²) >= 11 is 0. The minimum atomic E-state index is 0. The van der Waals surface area contributed by atoms with Crippen molar-refractivity contribution >= 4 is 45.5 Å². The third-order valence-corrected chi connectivity index (χ3v) is 0. The Bertz CT molecular complexity index is 7.61. The summed E-state index contributed by atoms with van der Waals surface area (Å²) in [6.07, 6.45) is 0. The minimum Gasteiger partial charge on any atom is -2.00 e. The van der Waals surface area contributed by atoms with Crippen molar-refractivity contribution < 1.29 is 149 Å². The van der Waals surface area contributed by atoms with Crippen LogP contribution < -0.4 is 138 Å². The normalized spacial score (nSPS) is 0. The molecule has 0 spiro atoms. The first kappa shape index (κ1) is 31.3. The van der Waals surface area contributed by atoms with E-state index in [4.69, 9.17) is 0 Å². The molecule has 0 aliphatic heterocycles. The van der Waals surface area contributed by atoms with Gasteiger partial charge in [0.05, 0.1) is 0 Å². The second kappa shape index (κ2) is 22.7. The third kappa shape index (κ3) is 17.7. The molecule has 0 saturated heterocycles. The molecule has 0 atom stereocenters. The van der Waals surface area contributed by atoms with Gasteiger partial charge in [-0.15, -0.1) is 0 Å². The van der Waals surface area contributed by atoms with Crippen LogP contribution in [-0.4, -0.2) is 45.5 Å². The second-order valence-corrected chi connectivity index (χ2v) is 0. The zero-order chi connectivity index (χ0) is 0. The van der Waals surface area contributed by atoms with Crippen LogP contribution in [0.3, 0.4) is 0 Å². The van der Waals surface area contributed by atoms with Gasteiger partial charge in [-0.25, -0.2) is 0 Å². The zero-order valence-electron chi connectivity index (χ0n) is 3.52. The van der Waals surface area contributed by atoms with Crippen molar-refractivity contribution in [1.29, 1.82) is 0 Å². The van der Waals surface area contributed by atoms with Gasteiger partial charge in [-0.05, 0) is 0 Å². The van der Waals surface area contributed by atoms with Crippen LogP contribution in [0.5, 0.6) is 0 Å². The van der Waals surface area contributed by atoms with Crippen LogP contribution in [0, 0.1) is 0 Å². The van der Waals surface area contributed by atoms with Gasteiger partial charge in [0.15, 0.2) is 0 Å². The maximum atomic E-state index is 0. The van der Waals surface area contributed by atoms with Crippen molar-refractivity contribution in [2.45, 2.75) is 0 Å². The van der Waals surface area contributed by atoms with E-state index in [0.717, 1.165) is 0 Å². The molecule has 5 heteroatoms. The molecule has 0 N–H and O–H groups in total. The summed E-state index contributed by atoms with van der Waals surface area (Å²) in [6.45, 7) is 0.